The molecule has 7 aromatic carbocycles. The fraction of sp³-hybridized carbons (Fsp3) is 0.115. The molecule has 3 heterocycles. The van der Waals surface area contributed by atoms with E-state index < -0.39 is 0 Å². The fourth-order valence-corrected chi connectivity index (χ4v) is 9.48. The standard InChI is InChI=1S/C61H51N3O/c1-8-19-38(3)40(5)41(6)48(20-9-2)52-35-45(30-29-39(52)4)46-31-33-56-53(36-46)49-25-16-17-28-55(49)64(56)47-32-34-57-54(37-47)50-26-18-27-51(60(50)65-57)59-42(7)58(43-21-12-10-13-22-43)62-61(63-59)44-23-14-11-15-24-44/h8-37,40H,3H2,1-2,4-7H3. The molecular weight excluding hydrogens is 791 g/mol. The van der Waals surface area contributed by atoms with Crippen LogP contribution in [0.25, 0.3) is 100 Å². The van der Waals surface area contributed by atoms with E-state index in [0.717, 1.165) is 77.9 Å². The molecule has 0 aliphatic rings. The molecule has 0 aliphatic heterocycles. The summed E-state index contributed by atoms with van der Waals surface area (Å²) in [4.78, 5) is 10.4. The maximum Gasteiger partial charge on any atom is 0.160 e. The van der Waals surface area contributed by atoms with Gasteiger partial charge in [0, 0.05) is 55.4 Å². The van der Waals surface area contributed by atoms with Gasteiger partial charge >= 0.3 is 0 Å². The Morgan fingerprint density at radius 3 is 2.03 bits per heavy atom. The van der Waals surface area contributed by atoms with Crippen LogP contribution in [-0.4, -0.2) is 14.5 Å². The monoisotopic (exact) mass is 841 g/mol. The molecule has 0 amide bonds. The predicted octanol–water partition coefficient (Wildman–Crippen LogP) is 16.9. The minimum Gasteiger partial charge on any atom is -0.455 e. The fourth-order valence-electron chi connectivity index (χ4n) is 9.48. The lowest BCUT2D eigenvalue weighted by Crippen LogP contribution is -2.02. The Bertz CT molecular complexity index is 3560. The van der Waals surface area contributed by atoms with Crippen molar-refractivity contribution in [2.24, 2.45) is 5.92 Å². The third kappa shape index (κ3) is 7.31. The van der Waals surface area contributed by atoms with Gasteiger partial charge in [-0.3, -0.25) is 0 Å². The molecular formula is C61H51N3O. The number of rotatable bonds is 10. The molecule has 10 aromatic rings. The van der Waals surface area contributed by atoms with Crippen molar-refractivity contribution in [3.05, 3.63) is 216 Å². The maximum absolute atomic E-state index is 6.81. The smallest absolute Gasteiger partial charge is 0.160 e. The molecule has 0 N–H and O–H groups in total. The van der Waals surface area contributed by atoms with Crippen molar-refractivity contribution in [1.82, 2.24) is 14.5 Å². The Hall–Kier alpha value is -7.82. The molecule has 0 radical (unpaired) electrons. The summed E-state index contributed by atoms with van der Waals surface area (Å²) in [6, 6.07) is 56.0. The lowest BCUT2D eigenvalue weighted by atomic mass is 9.85. The third-order valence-corrected chi connectivity index (χ3v) is 13.1. The number of benzene rings is 7. The number of hydrogen-bond donors (Lipinski definition) is 0. The number of furan rings is 1. The number of para-hydroxylation sites is 2. The van der Waals surface area contributed by atoms with Gasteiger partial charge in [-0.2, -0.15) is 0 Å². The van der Waals surface area contributed by atoms with E-state index in [1.165, 1.54) is 44.2 Å². The number of aromatic nitrogens is 3. The van der Waals surface area contributed by atoms with E-state index in [4.69, 9.17) is 14.4 Å². The molecule has 316 valence electrons. The van der Waals surface area contributed by atoms with Crippen molar-refractivity contribution >= 4 is 49.3 Å². The van der Waals surface area contributed by atoms with Gasteiger partial charge in [-0.25, -0.2) is 9.97 Å². The van der Waals surface area contributed by atoms with Crippen molar-refractivity contribution < 1.29 is 4.42 Å². The summed E-state index contributed by atoms with van der Waals surface area (Å²) in [5.74, 6) is 0.896. The highest BCUT2D eigenvalue weighted by Gasteiger charge is 2.22. The molecule has 0 spiro atoms. The summed E-state index contributed by atoms with van der Waals surface area (Å²) in [5, 5.41) is 4.51. The molecule has 65 heavy (non-hydrogen) atoms. The number of fused-ring (bicyclic) bond motifs is 6. The van der Waals surface area contributed by atoms with Crippen LogP contribution in [0.4, 0.5) is 0 Å². The molecule has 1 atom stereocenters. The van der Waals surface area contributed by atoms with Crippen LogP contribution >= 0.6 is 0 Å². The van der Waals surface area contributed by atoms with Gasteiger partial charge in [-0.05, 0) is 117 Å². The SMILES string of the molecule is C=C(C=CC)C(C)C(C)=C(C=CC)c1cc(-c2ccc3c(c2)c2ccccc2n3-c2ccc3oc4c(-c5nc(-c6ccccc6)nc(-c6ccccc6)c5C)cccc4c3c2)ccc1C. The van der Waals surface area contributed by atoms with Gasteiger partial charge < -0.3 is 8.98 Å². The molecule has 1 unspecified atom stereocenters. The van der Waals surface area contributed by atoms with Crippen molar-refractivity contribution in [2.75, 3.05) is 0 Å². The first kappa shape index (κ1) is 41.2. The molecule has 4 nitrogen and oxygen atoms in total. The lowest BCUT2D eigenvalue weighted by Gasteiger charge is -2.19. The predicted molar refractivity (Wildman–Crippen MR) is 275 cm³/mol. The first-order valence-electron chi connectivity index (χ1n) is 22.5. The Kier molecular flexibility index (Phi) is 10.8. The van der Waals surface area contributed by atoms with Gasteiger partial charge in [0.25, 0.3) is 0 Å². The largest absolute Gasteiger partial charge is 0.455 e. The maximum atomic E-state index is 6.81. The first-order chi connectivity index (χ1) is 31.7. The summed E-state index contributed by atoms with van der Waals surface area (Å²) >= 11 is 0. The molecule has 0 saturated carbocycles. The lowest BCUT2D eigenvalue weighted by molar-refractivity contribution is 0.669. The van der Waals surface area contributed by atoms with Gasteiger partial charge in [0.05, 0.1) is 22.4 Å². The highest BCUT2D eigenvalue weighted by Crippen LogP contribution is 2.42. The number of hydrogen-bond acceptors (Lipinski definition) is 3. The zero-order valence-electron chi connectivity index (χ0n) is 37.9. The average Bonchev–Trinajstić information content (AvgIpc) is 3.89. The van der Waals surface area contributed by atoms with E-state index in [1.54, 1.807) is 0 Å². The topological polar surface area (TPSA) is 43.9 Å². The van der Waals surface area contributed by atoms with Gasteiger partial charge in [0.2, 0.25) is 0 Å². The van der Waals surface area contributed by atoms with Crippen molar-refractivity contribution in [2.45, 2.75) is 41.5 Å². The van der Waals surface area contributed by atoms with E-state index in [1.807, 2.05) is 31.2 Å². The van der Waals surface area contributed by atoms with E-state index >= 15 is 0 Å². The summed E-state index contributed by atoms with van der Waals surface area (Å²) in [6.07, 6.45) is 8.58. The number of aryl methyl sites for hydroxylation is 1. The molecule has 3 aromatic heterocycles. The van der Waals surface area contributed by atoms with E-state index in [2.05, 4.69) is 204 Å². The summed E-state index contributed by atoms with van der Waals surface area (Å²) in [6.45, 7) is 17.3. The zero-order chi connectivity index (χ0) is 44.8. The highest BCUT2D eigenvalue weighted by atomic mass is 16.3. The van der Waals surface area contributed by atoms with Crippen molar-refractivity contribution in [3.8, 4) is 50.7 Å². The number of nitrogens with zero attached hydrogens (tertiary/aromatic N) is 3. The highest BCUT2D eigenvalue weighted by molar-refractivity contribution is 6.13. The quantitative estimate of drug-likeness (QED) is 0.129. The van der Waals surface area contributed by atoms with Gasteiger partial charge in [0.1, 0.15) is 11.2 Å². The van der Waals surface area contributed by atoms with Crippen LogP contribution in [0.2, 0.25) is 0 Å². The van der Waals surface area contributed by atoms with Gasteiger partial charge in [-0.15, -0.1) is 0 Å². The molecule has 0 bridgehead atoms. The third-order valence-electron chi connectivity index (χ3n) is 13.1. The minimum absolute atomic E-state index is 0.216. The van der Waals surface area contributed by atoms with Gasteiger partial charge in [-0.1, -0.05) is 153 Å². The van der Waals surface area contributed by atoms with Crippen LogP contribution in [0.1, 0.15) is 44.4 Å². The Morgan fingerprint density at radius 1 is 0.600 bits per heavy atom. The molecule has 4 heteroatoms. The van der Waals surface area contributed by atoms with Crippen LogP contribution < -0.4 is 0 Å². The van der Waals surface area contributed by atoms with Crippen LogP contribution in [0, 0.1) is 19.8 Å². The van der Waals surface area contributed by atoms with Crippen LogP contribution in [0.3, 0.4) is 0 Å². The van der Waals surface area contributed by atoms with Gasteiger partial charge in [0.15, 0.2) is 5.82 Å². The minimum atomic E-state index is 0.216. The number of allylic oxidation sites excluding steroid dienone is 7. The first-order valence-corrected chi connectivity index (χ1v) is 22.5. The van der Waals surface area contributed by atoms with Crippen LogP contribution in [0.5, 0.6) is 0 Å². The second-order valence-corrected chi connectivity index (χ2v) is 17.1. The second-order valence-electron chi connectivity index (χ2n) is 17.1. The Balaban J connectivity index is 1.10. The molecule has 0 saturated heterocycles. The molecule has 0 aliphatic carbocycles. The Morgan fingerprint density at radius 2 is 1.26 bits per heavy atom. The Labute approximate surface area is 381 Å². The van der Waals surface area contributed by atoms with E-state index in [9.17, 15) is 0 Å². The molecule has 0 fully saturated rings. The summed E-state index contributed by atoms with van der Waals surface area (Å²) in [7, 11) is 0. The van der Waals surface area contributed by atoms with Crippen molar-refractivity contribution in [3.63, 3.8) is 0 Å². The average molecular weight is 842 g/mol. The zero-order valence-corrected chi connectivity index (χ0v) is 37.9. The summed E-state index contributed by atoms with van der Waals surface area (Å²) < 4.78 is 9.20. The second kappa shape index (κ2) is 17.0. The molecule has 10 rings (SSSR count). The van der Waals surface area contributed by atoms with Crippen molar-refractivity contribution in [1.29, 1.82) is 0 Å². The summed E-state index contributed by atoms with van der Waals surface area (Å²) in [5.41, 5.74) is 19.3. The van der Waals surface area contributed by atoms with Crippen LogP contribution in [-0.2, 0) is 0 Å². The van der Waals surface area contributed by atoms with Crippen LogP contribution in [0.15, 0.2) is 204 Å². The normalized spacial score (nSPS) is 12.9. The van der Waals surface area contributed by atoms with E-state index in [0.29, 0.717) is 5.82 Å². The van der Waals surface area contributed by atoms with E-state index in [-0.39, 0.29) is 5.92 Å².